The number of ketones is 1. The second kappa shape index (κ2) is 4.55. The Morgan fingerprint density at radius 2 is 2.00 bits per heavy atom. The second-order valence-electron chi connectivity index (χ2n) is 3.80. The van der Waals surface area contributed by atoms with Crippen LogP contribution in [0.4, 0.5) is 0 Å². The van der Waals surface area contributed by atoms with Gasteiger partial charge in [0.25, 0.3) is 0 Å². The summed E-state index contributed by atoms with van der Waals surface area (Å²) in [6.45, 7) is 5.52. The number of carbonyl (C=O) groups is 2. The molecule has 1 aliphatic heterocycles. The highest BCUT2D eigenvalue weighted by Crippen LogP contribution is 2.09. The van der Waals surface area contributed by atoms with Gasteiger partial charge in [0, 0.05) is 26.1 Å². The molecule has 80 valence electrons. The maximum atomic E-state index is 11.4. The number of Topliss-reactive ketones (excluding diaryl/α,β-unsaturated/α-hetero) is 1. The summed E-state index contributed by atoms with van der Waals surface area (Å²) in [6.07, 6.45) is 0.522. The van der Waals surface area contributed by atoms with Gasteiger partial charge in [-0.25, -0.2) is 0 Å². The first-order valence-corrected chi connectivity index (χ1v) is 5.04. The molecule has 1 atom stereocenters. The minimum absolute atomic E-state index is 0.112. The number of piperazine rings is 1. The van der Waals surface area contributed by atoms with Crippen LogP contribution >= 0.6 is 0 Å². The van der Waals surface area contributed by atoms with Crippen molar-refractivity contribution < 1.29 is 9.59 Å². The van der Waals surface area contributed by atoms with Gasteiger partial charge in [-0.1, -0.05) is 6.92 Å². The first kappa shape index (κ1) is 11.2. The molecule has 0 N–H and O–H groups in total. The first-order chi connectivity index (χ1) is 6.56. The molecule has 0 bridgehead atoms. The van der Waals surface area contributed by atoms with E-state index in [1.807, 2.05) is 18.9 Å². The molecule has 14 heavy (non-hydrogen) atoms. The molecule has 0 aliphatic carbocycles. The van der Waals surface area contributed by atoms with Crippen LogP contribution in [0.2, 0.25) is 0 Å². The van der Waals surface area contributed by atoms with Crippen LogP contribution in [0.5, 0.6) is 0 Å². The lowest BCUT2D eigenvalue weighted by Crippen LogP contribution is -2.55. The van der Waals surface area contributed by atoms with Crippen molar-refractivity contribution >= 4 is 11.7 Å². The zero-order valence-electron chi connectivity index (χ0n) is 9.12. The first-order valence-electron chi connectivity index (χ1n) is 5.04. The molecule has 0 aromatic rings. The van der Waals surface area contributed by atoms with Crippen LogP contribution in [0.15, 0.2) is 0 Å². The summed E-state index contributed by atoms with van der Waals surface area (Å²) >= 11 is 0. The van der Waals surface area contributed by atoms with Crippen molar-refractivity contribution in [2.75, 3.05) is 26.7 Å². The summed E-state index contributed by atoms with van der Waals surface area (Å²) in [6, 6.07) is -0.112. The van der Waals surface area contributed by atoms with Crippen molar-refractivity contribution in [3.63, 3.8) is 0 Å². The van der Waals surface area contributed by atoms with Gasteiger partial charge < -0.3 is 4.90 Å². The quantitative estimate of drug-likeness (QED) is 0.633. The van der Waals surface area contributed by atoms with Crippen molar-refractivity contribution in [3.8, 4) is 0 Å². The molecule has 0 unspecified atom stereocenters. The third kappa shape index (κ3) is 2.32. The number of hydrogen-bond donors (Lipinski definition) is 0. The van der Waals surface area contributed by atoms with Crippen LogP contribution in [0, 0.1) is 0 Å². The summed E-state index contributed by atoms with van der Waals surface area (Å²) in [7, 11) is 1.93. The highest BCUT2D eigenvalue weighted by molar-refractivity contribution is 5.83. The lowest BCUT2D eigenvalue weighted by molar-refractivity contribution is -0.136. The highest BCUT2D eigenvalue weighted by atomic mass is 16.2. The van der Waals surface area contributed by atoms with Gasteiger partial charge in [0.05, 0.1) is 6.04 Å². The van der Waals surface area contributed by atoms with Crippen molar-refractivity contribution in [1.29, 1.82) is 0 Å². The largest absolute Gasteiger partial charge is 0.339 e. The summed E-state index contributed by atoms with van der Waals surface area (Å²) in [4.78, 5) is 26.5. The van der Waals surface area contributed by atoms with Gasteiger partial charge in [-0.2, -0.15) is 0 Å². The highest BCUT2D eigenvalue weighted by Gasteiger charge is 2.29. The standard InChI is InChI=1S/C10H18N2O2/c1-4-10(14)12-6-5-11(3)9(7-12)8(2)13/h9H,4-7H2,1-3H3/t9-/m0/s1. The minimum atomic E-state index is -0.112. The minimum Gasteiger partial charge on any atom is -0.339 e. The SMILES string of the molecule is CCC(=O)N1CCN(C)[C@H](C(C)=O)C1. The number of nitrogens with zero attached hydrogens (tertiary/aromatic N) is 2. The Bertz CT molecular complexity index is 240. The van der Waals surface area contributed by atoms with E-state index in [2.05, 4.69) is 0 Å². The Morgan fingerprint density at radius 1 is 1.36 bits per heavy atom. The van der Waals surface area contributed by atoms with Crippen molar-refractivity contribution in [3.05, 3.63) is 0 Å². The Labute approximate surface area is 84.9 Å². The third-order valence-electron chi connectivity index (χ3n) is 2.77. The van der Waals surface area contributed by atoms with E-state index in [4.69, 9.17) is 0 Å². The van der Waals surface area contributed by atoms with Crippen molar-refractivity contribution in [2.24, 2.45) is 0 Å². The third-order valence-corrected chi connectivity index (χ3v) is 2.77. The fraction of sp³-hybridized carbons (Fsp3) is 0.800. The van der Waals surface area contributed by atoms with E-state index < -0.39 is 0 Å². The predicted molar refractivity (Wildman–Crippen MR) is 54.0 cm³/mol. The molecular weight excluding hydrogens is 180 g/mol. The van der Waals surface area contributed by atoms with E-state index in [1.165, 1.54) is 0 Å². The lowest BCUT2D eigenvalue weighted by atomic mass is 10.1. The fourth-order valence-corrected chi connectivity index (χ4v) is 1.76. The van der Waals surface area contributed by atoms with Crippen LogP contribution in [-0.2, 0) is 9.59 Å². The van der Waals surface area contributed by atoms with Gasteiger partial charge in [0.1, 0.15) is 5.78 Å². The smallest absolute Gasteiger partial charge is 0.222 e. The molecule has 1 saturated heterocycles. The van der Waals surface area contributed by atoms with Crippen LogP contribution < -0.4 is 0 Å². The van der Waals surface area contributed by atoms with E-state index >= 15 is 0 Å². The van der Waals surface area contributed by atoms with Crippen molar-refractivity contribution in [1.82, 2.24) is 9.80 Å². The van der Waals surface area contributed by atoms with Crippen LogP contribution in [0.25, 0.3) is 0 Å². The molecule has 0 aromatic carbocycles. The number of carbonyl (C=O) groups excluding carboxylic acids is 2. The molecule has 0 radical (unpaired) electrons. The van der Waals surface area contributed by atoms with Gasteiger partial charge in [-0.15, -0.1) is 0 Å². The number of rotatable bonds is 2. The Hall–Kier alpha value is -0.900. The second-order valence-corrected chi connectivity index (χ2v) is 3.80. The predicted octanol–water partition coefficient (Wildman–Crippen LogP) is 0.128. The topological polar surface area (TPSA) is 40.6 Å². The Kier molecular flexibility index (Phi) is 3.63. The van der Waals surface area contributed by atoms with Gasteiger partial charge in [0.2, 0.25) is 5.91 Å². The molecule has 0 spiro atoms. The molecule has 1 heterocycles. The van der Waals surface area contributed by atoms with E-state index in [1.54, 1.807) is 11.8 Å². The van der Waals surface area contributed by atoms with E-state index in [0.717, 1.165) is 13.1 Å². The normalized spacial score (nSPS) is 23.6. The molecule has 1 fully saturated rings. The molecular formula is C10H18N2O2. The summed E-state index contributed by atoms with van der Waals surface area (Å²) in [5.41, 5.74) is 0. The van der Waals surface area contributed by atoms with E-state index in [-0.39, 0.29) is 17.7 Å². The van der Waals surface area contributed by atoms with Crippen LogP contribution in [0.1, 0.15) is 20.3 Å². The monoisotopic (exact) mass is 198 g/mol. The van der Waals surface area contributed by atoms with E-state index in [9.17, 15) is 9.59 Å². The van der Waals surface area contributed by atoms with Gasteiger partial charge in [0.15, 0.2) is 0 Å². The molecule has 1 rings (SSSR count). The van der Waals surface area contributed by atoms with Gasteiger partial charge in [-0.05, 0) is 14.0 Å². The zero-order chi connectivity index (χ0) is 10.7. The molecule has 1 amide bonds. The van der Waals surface area contributed by atoms with Crippen LogP contribution in [-0.4, -0.2) is 54.2 Å². The summed E-state index contributed by atoms with van der Waals surface area (Å²) in [5, 5.41) is 0. The number of hydrogen-bond acceptors (Lipinski definition) is 3. The summed E-state index contributed by atoms with van der Waals surface area (Å²) < 4.78 is 0. The fourth-order valence-electron chi connectivity index (χ4n) is 1.76. The average Bonchev–Trinajstić information content (AvgIpc) is 2.17. The molecule has 4 heteroatoms. The molecule has 0 saturated carbocycles. The van der Waals surface area contributed by atoms with Crippen LogP contribution in [0.3, 0.4) is 0 Å². The van der Waals surface area contributed by atoms with E-state index in [0.29, 0.717) is 13.0 Å². The van der Waals surface area contributed by atoms with Gasteiger partial charge >= 0.3 is 0 Å². The average molecular weight is 198 g/mol. The summed E-state index contributed by atoms with van der Waals surface area (Å²) in [5.74, 6) is 0.283. The zero-order valence-corrected chi connectivity index (χ0v) is 9.12. The number of likely N-dealkylation sites (N-methyl/N-ethyl adjacent to an activating group) is 1. The van der Waals surface area contributed by atoms with Gasteiger partial charge in [-0.3, -0.25) is 14.5 Å². The Balaban J connectivity index is 2.62. The maximum absolute atomic E-state index is 11.4. The van der Waals surface area contributed by atoms with Crippen molar-refractivity contribution in [2.45, 2.75) is 26.3 Å². The Morgan fingerprint density at radius 3 is 2.50 bits per heavy atom. The maximum Gasteiger partial charge on any atom is 0.222 e. The molecule has 0 aromatic heterocycles. The molecule has 1 aliphatic rings. The lowest BCUT2D eigenvalue weighted by Gasteiger charge is -2.38. The number of amides is 1. The molecule has 4 nitrogen and oxygen atoms in total.